The van der Waals surface area contributed by atoms with E-state index in [4.69, 9.17) is 16.7 Å². The van der Waals surface area contributed by atoms with Gasteiger partial charge in [0.25, 0.3) is 5.91 Å². The second-order valence-electron chi connectivity index (χ2n) is 3.72. The van der Waals surface area contributed by atoms with Gasteiger partial charge < -0.3 is 10.0 Å². The number of nitrogens with zero attached hydrogens (tertiary/aromatic N) is 3. The molecule has 7 nitrogen and oxygen atoms in total. The molecule has 0 aliphatic rings. The van der Waals surface area contributed by atoms with Crippen LogP contribution in [-0.2, 0) is 0 Å². The van der Waals surface area contributed by atoms with E-state index < -0.39 is 16.5 Å². The fourth-order valence-electron chi connectivity index (χ4n) is 1.61. The van der Waals surface area contributed by atoms with Crippen molar-refractivity contribution in [3.05, 3.63) is 33.1 Å². The molecule has 0 aromatic carbocycles. The number of carbonyl (C=O) groups excluding carboxylic acids is 1. The molecule has 0 saturated carbocycles. The van der Waals surface area contributed by atoms with Crippen molar-refractivity contribution < 1.29 is 14.8 Å². The SMILES string of the molecule is CCN(CCCO)C(=O)c1ccnc(Cl)c1[N+](=O)[O-]. The van der Waals surface area contributed by atoms with Gasteiger partial charge in [0.1, 0.15) is 5.56 Å². The minimum absolute atomic E-state index is 0.0526. The average molecular weight is 288 g/mol. The van der Waals surface area contributed by atoms with E-state index in [1.807, 2.05) is 0 Å². The van der Waals surface area contributed by atoms with Crippen LogP contribution in [0.15, 0.2) is 12.3 Å². The Balaban J connectivity index is 3.11. The zero-order valence-electron chi connectivity index (χ0n) is 10.4. The van der Waals surface area contributed by atoms with E-state index in [0.717, 1.165) is 0 Å². The fourth-order valence-corrected chi connectivity index (χ4v) is 1.84. The molecule has 1 rings (SSSR count). The first-order valence-electron chi connectivity index (χ1n) is 5.72. The summed E-state index contributed by atoms with van der Waals surface area (Å²) in [5.74, 6) is -0.494. The minimum atomic E-state index is -0.720. The third-order valence-corrected chi connectivity index (χ3v) is 2.82. The summed E-state index contributed by atoms with van der Waals surface area (Å²) in [6.45, 7) is 2.41. The lowest BCUT2D eigenvalue weighted by molar-refractivity contribution is -0.385. The molecule has 1 N–H and O–H groups in total. The first-order valence-corrected chi connectivity index (χ1v) is 6.09. The summed E-state index contributed by atoms with van der Waals surface area (Å²) < 4.78 is 0. The number of halogens is 1. The maximum absolute atomic E-state index is 12.2. The van der Waals surface area contributed by atoms with E-state index in [-0.39, 0.29) is 17.3 Å². The minimum Gasteiger partial charge on any atom is -0.396 e. The number of aliphatic hydroxyl groups is 1. The summed E-state index contributed by atoms with van der Waals surface area (Å²) in [5, 5.41) is 19.4. The lowest BCUT2D eigenvalue weighted by atomic mass is 10.2. The summed E-state index contributed by atoms with van der Waals surface area (Å²) in [4.78, 5) is 27.5. The maximum Gasteiger partial charge on any atom is 0.319 e. The van der Waals surface area contributed by atoms with Crippen molar-refractivity contribution in [2.45, 2.75) is 13.3 Å². The smallest absolute Gasteiger partial charge is 0.319 e. The molecule has 0 aliphatic heterocycles. The molecule has 0 atom stereocenters. The largest absolute Gasteiger partial charge is 0.396 e. The van der Waals surface area contributed by atoms with Gasteiger partial charge in [0.2, 0.25) is 5.15 Å². The van der Waals surface area contributed by atoms with Gasteiger partial charge in [-0.1, -0.05) is 11.6 Å². The first kappa shape index (κ1) is 15.3. The van der Waals surface area contributed by atoms with Gasteiger partial charge in [-0.05, 0) is 19.4 Å². The molecular weight excluding hydrogens is 274 g/mol. The summed E-state index contributed by atoms with van der Waals surface area (Å²) in [6.07, 6.45) is 1.66. The summed E-state index contributed by atoms with van der Waals surface area (Å²) in [5.41, 5.74) is -0.582. The molecule has 1 aromatic heterocycles. The number of hydrogen-bond acceptors (Lipinski definition) is 5. The lowest BCUT2D eigenvalue weighted by Crippen LogP contribution is -2.32. The van der Waals surface area contributed by atoms with Gasteiger partial charge in [0.05, 0.1) is 4.92 Å². The van der Waals surface area contributed by atoms with Crippen molar-refractivity contribution in [3.8, 4) is 0 Å². The summed E-state index contributed by atoms with van der Waals surface area (Å²) in [6, 6.07) is 1.27. The van der Waals surface area contributed by atoms with Gasteiger partial charge in [-0.25, -0.2) is 4.98 Å². The molecule has 19 heavy (non-hydrogen) atoms. The molecule has 8 heteroatoms. The number of nitro groups is 1. The Hall–Kier alpha value is -1.73. The van der Waals surface area contributed by atoms with Crippen LogP contribution >= 0.6 is 11.6 Å². The fraction of sp³-hybridized carbons (Fsp3) is 0.455. The zero-order chi connectivity index (χ0) is 14.4. The standard InChI is InChI=1S/C11H14ClN3O4/c1-2-14(6-3-7-16)11(17)8-4-5-13-10(12)9(8)15(18)19/h4-5,16H,2-3,6-7H2,1H3. The van der Waals surface area contributed by atoms with Crippen LogP contribution in [0.5, 0.6) is 0 Å². The molecule has 0 fully saturated rings. The van der Waals surface area contributed by atoms with Crippen LogP contribution in [0.3, 0.4) is 0 Å². The molecular formula is C11H14ClN3O4. The molecule has 0 saturated heterocycles. The predicted molar refractivity (Wildman–Crippen MR) is 69.2 cm³/mol. The van der Waals surface area contributed by atoms with E-state index in [1.54, 1.807) is 6.92 Å². The van der Waals surface area contributed by atoms with E-state index in [2.05, 4.69) is 4.98 Å². The maximum atomic E-state index is 12.2. The molecule has 0 bridgehead atoms. The highest BCUT2D eigenvalue weighted by Gasteiger charge is 2.27. The third kappa shape index (κ3) is 3.62. The number of rotatable bonds is 6. The van der Waals surface area contributed by atoms with Crippen molar-refractivity contribution in [1.29, 1.82) is 0 Å². The topological polar surface area (TPSA) is 96.6 Å². The van der Waals surface area contributed by atoms with Crippen molar-refractivity contribution in [1.82, 2.24) is 9.88 Å². The first-order chi connectivity index (χ1) is 9.02. The van der Waals surface area contributed by atoms with Gasteiger partial charge >= 0.3 is 5.69 Å². The van der Waals surface area contributed by atoms with Gasteiger partial charge in [0.15, 0.2) is 0 Å². The van der Waals surface area contributed by atoms with Gasteiger partial charge in [0, 0.05) is 25.9 Å². The summed E-state index contributed by atoms with van der Waals surface area (Å²) >= 11 is 5.66. The number of aromatic nitrogens is 1. The van der Waals surface area contributed by atoms with Crippen LogP contribution in [0.25, 0.3) is 0 Å². The summed E-state index contributed by atoms with van der Waals surface area (Å²) in [7, 11) is 0. The van der Waals surface area contributed by atoms with Crippen LogP contribution in [0.2, 0.25) is 5.15 Å². The number of hydrogen-bond donors (Lipinski definition) is 1. The van der Waals surface area contributed by atoms with Gasteiger partial charge in [-0.2, -0.15) is 0 Å². The number of aliphatic hydroxyl groups excluding tert-OH is 1. The van der Waals surface area contributed by atoms with Crippen molar-refractivity contribution in [2.75, 3.05) is 19.7 Å². The quantitative estimate of drug-likeness (QED) is 0.486. The molecule has 0 radical (unpaired) electrons. The Morgan fingerprint density at radius 2 is 2.32 bits per heavy atom. The highest BCUT2D eigenvalue weighted by atomic mass is 35.5. The zero-order valence-corrected chi connectivity index (χ0v) is 11.1. The normalized spacial score (nSPS) is 10.3. The lowest BCUT2D eigenvalue weighted by Gasteiger charge is -2.20. The van der Waals surface area contributed by atoms with E-state index in [9.17, 15) is 14.9 Å². The number of pyridine rings is 1. The molecule has 1 aromatic rings. The second-order valence-corrected chi connectivity index (χ2v) is 4.08. The van der Waals surface area contributed by atoms with E-state index >= 15 is 0 Å². The molecule has 0 aliphatic carbocycles. The average Bonchev–Trinajstić information content (AvgIpc) is 2.38. The molecule has 1 amide bonds. The molecule has 0 spiro atoms. The van der Waals surface area contributed by atoms with Crippen LogP contribution in [0, 0.1) is 10.1 Å². The van der Waals surface area contributed by atoms with E-state index in [0.29, 0.717) is 19.5 Å². The van der Waals surface area contributed by atoms with Crippen molar-refractivity contribution in [2.24, 2.45) is 0 Å². The predicted octanol–water partition coefficient (Wildman–Crippen LogP) is 1.49. The third-order valence-electron chi connectivity index (χ3n) is 2.55. The Bertz CT molecular complexity index is 481. The highest BCUT2D eigenvalue weighted by molar-refractivity contribution is 6.32. The Morgan fingerprint density at radius 3 is 2.84 bits per heavy atom. The Morgan fingerprint density at radius 1 is 1.63 bits per heavy atom. The Kier molecular flexibility index (Phi) is 5.65. The van der Waals surface area contributed by atoms with Crippen LogP contribution in [0.1, 0.15) is 23.7 Å². The Labute approximate surface area is 115 Å². The number of carbonyl (C=O) groups is 1. The van der Waals surface area contributed by atoms with E-state index in [1.165, 1.54) is 17.2 Å². The number of amides is 1. The van der Waals surface area contributed by atoms with Gasteiger partial charge in [-0.15, -0.1) is 0 Å². The molecule has 104 valence electrons. The second kappa shape index (κ2) is 7.01. The van der Waals surface area contributed by atoms with Crippen LogP contribution < -0.4 is 0 Å². The highest BCUT2D eigenvalue weighted by Crippen LogP contribution is 2.27. The van der Waals surface area contributed by atoms with Crippen LogP contribution in [-0.4, -0.2) is 45.5 Å². The molecule has 1 heterocycles. The molecule has 0 unspecified atom stereocenters. The van der Waals surface area contributed by atoms with Crippen molar-refractivity contribution >= 4 is 23.2 Å². The van der Waals surface area contributed by atoms with Crippen LogP contribution in [0.4, 0.5) is 5.69 Å². The van der Waals surface area contributed by atoms with Gasteiger partial charge in [-0.3, -0.25) is 14.9 Å². The van der Waals surface area contributed by atoms with Crippen molar-refractivity contribution in [3.63, 3.8) is 0 Å². The monoisotopic (exact) mass is 287 g/mol.